The van der Waals surface area contributed by atoms with E-state index in [0.29, 0.717) is 6.54 Å². The SMILES string of the molecule is CC(N)C(=O)N(C)Cc1ccc(F)c(Cl)c1. The molecule has 1 unspecified atom stereocenters. The van der Waals surface area contributed by atoms with Gasteiger partial charge in [-0.2, -0.15) is 0 Å². The molecular formula is C11H14ClFN2O. The lowest BCUT2D eigenvalue weighted by atomic mass is 10.2. The fourth-order valence-electron chi connectivity index (χ4n) is 1.34. The van der Waals surface area contributed by atoms with Crippen LogP contribution in [0.1, 0.15) is 12.5 Å². The zero-order valence-electron chi connectivity index (χ0n) is 9.21. The Bertz CT molecular complexity index is 396. The summed E-state index contributed by atoms with van der Waals surface area (Å²) in [4.78, 5) is 13.0. The summed E-state index contributed by atoms with van der Waals surface area (Å²) in [7, 11) is 1.64. The molecule has 0 bridgehead atoms. The van der Waals surface area contributed by atoms with Crippen molar-refractivity contribution in [3.8, 4) is 0 Å². The molecule has 0 saturated heterocycles. The third-order valence-corrected chi connectivity index (χ3v) is 2.46. The number of amides is 1. The number of hydrogen-bond donors (Lipinski definition) is 1. The van der Waals surface area contributed by atoms with Gasteiger partial charge in [-0.1, -0.05) is 17.7 Å². The van der Waals surface area contributed by atoms with E-state index in [9.17, 15) is 9.18 Å². The molecule has 88 valence electrons. The van der Waals surface area contributed by atoms with E-state index in [1.165, 1.54) is 17.0 Å². The molecule has 0 saturated carbocycles. The Morgan fingerprint density at radius 2 is 2.25 bits per heavy atom. The van der Waals surface area contributed by atoms with Gasteiger partial charge < -0.3 is 10.6 Å². The number of nitrogens with zero attached hydrogens (tertiary/aromatic N) is 1. The average Bonchev–Trinajstić information content (AvgIpc) is 2.22. The van der Waals surface area contributed by atoms with Crippen molar-refractivity contribution < 1.29 is 9.18 Å². The maximum atomic E-state index is 12.9. The molecule has 16 heavy (non-hydrogen) atoms. The lowest BCUT2D eigenvalue weighted by Crippen LogP contribution is -2.39. The van der Waals surface area contributed by atoms with E-state index in [1.807, 2.05) is 0 Å². The minimum atomic E-state index is -0.541. The molecule has 3 nitrogen and oxygen atoms in total. The van der Waals surface area contributed by atoms with Crippen LogP contribution in [-0.4, -0.2) is 23.9 Å². The number of nitrogens with two attached hydrogens (primary N) is 1. The van der Waals surface area contributed by atoms with E-state index < -0.39 is 11.9 Å². The predicted molar refractivity (Wildman–Crippen MR) is 61.5 cm³/mol. The number of hydrogen-bond acceptors (Lipinski definition) is 2. The first-order valence-corrected chi connectivity index (χ1v) is 5.24. The molecule has 1 amide bonds. The van der Waals surface area contributed by atoms with E-state index in [-0.39, 0.29) is 10.9 Å². The molecule has 0 spiro atoms. The minimum absolute atomic E-state index is 0.0548. The molecule has 1 aromatic rings. The van der Waals surface area contributed by atoms with Gasteiger partial charge in [-0.05, 0) is 24.6 Å². The summed E-state index contributed by atoms with van der Waals surface area (Å²) in [5.41, 5.74) is 6.23. The lowest BCUT2D eigenvalue weighted by Gasteiger charge is -2.19. The third kappa shape index (κ3) is 3.18. The Hall–Kier alpha value is -1.13. The second kappa shape index (κ2) is 5.27. The summed E-state index contributed by atoms with van der Waals surface area (Å²) in [5.74, 6) is -0.632. The Balaban J connectivity index is 2.73. The number of rotatable bonds is 3. The van der Waals surface area contributed by atoms with Gasteiger partial charge in [0.2, 0.25) is 5.91 Å². The monoisotopic (exact) mass is 244 g/mol. The van der Waals surface area contributed by atoms with E-state index in [1.54, 1.807) is 20.0 Å². The van der Waals surface area contributed by atoms with Gasteiger partial charge in [0.15, 0.2) is 0 Å². The van der Waals surface area contributed by atoms with Crippen molar-refractivity contribution in [2.45, 2.75) is 19.5 Å². The van der Waals surface area contributed by atoms with Gasteiger partial charge in [-0.25, -0.2) is 4.39 Å². The Labute approximate surface area is 99.0 Å². The molecular weight excluding hydrogens is 231 g/mol. The van der Waals surface area contributed by atoms with Crippen LogP contribution >= 0.6 is 11.6 Å². The highest BCUT2D eigenvalue weighted by atomic mass is 35.5. The van der Waals surface area contributed by atoms with Crippen molar-refractivity contribution in [1.29, 1.82) is 0 Å². The van der Waals surface area contributed by atoms with Gasteiger partial charge in [0.25, 0.3) is 0 Å². The molecule has 0 aliphatic heterocycles. The molecule has 0 heterocycles. The fourth-order valence-corrected chi connectivity index (χ4v) is 1.54. The van der Waals surface area contributed by atoms with Crippen LogP contribution < -0.4 is 5.73 Å². The zero-order valence-corrected chi connectivity index (χ0v) is 9.96. The Kier molecular flexibility index (Phi) is 4.26. The van der Waals surface area contributed by atoms with Crippen LogP contribution in [0.2, 0.25) is 5.02 Å². The summed E-state index contributed by atoms with van der Waals surface area (Å²) in [6.07, 6.45) is 0. The van der Waals surface area contributed by atoms with Crippen LogP contribution in [0.15, 0.2) is 18.2 Å². The molecule has 1 atom stereocenters. The third-order valence-electron chi connectivity index (χ3n) is 2.17. The van der Waals surface area contributed by atoms with Crippen LogP contribution in [0, 0.1) is 5.82 Å². The number of halogens is 2. The summed E-state index contributed by atoms with van der Waals surface area (Å²) in [6, 6.07) is 3.83. The largest absolute Gasteiger partial charge is 0.340 e. The van der Waals surface area contributed by atoms with E-state index in [2.05, 4.69) is 0 Å². The van der Waals surface area contributed by atoms with Gasteiger partial charge in [-0.15, -0.1) is 0 Å². The highest BCUT2D eigenvalue weighted by Crippen LogP contribution is 2.17. The molecule has 0 aromatic heterocycles. The number of benzene rings is 1. The van der Waals surface area contributed by atoms with E-state index >= 15 is 0 Å². The predicted octanol–water partition coefficient (Wildman–Crippen LogP) is 1.78. The van der Waals surface area contributed by atoms with Crippen molar-refractivity contribution in [1.82, 2.24) is 4.90 Å². The molecule has 5 heteroatoms. The van der Waals surface area contributed by atoms with Crippen molar-refractivity contribution in [2.24, 2.45) is 5.73 Å². The minimum Gasteiger partial charge on any atom is -0.340 e. The van der Waals surface area contributed by atoms with Crippen LogP contribution in [0.25, 0.3) is 0 Å². The van der Waals surface area contributed by atoms with Gasteiger partial charge in [0.05, 0.1) is 11.1 Å². The molecule has 1 aromatic carbocycles. The molecule has 1 rings (SSSR count). The van der Waals surface area contributed by atoms with Crippen LogP contribution in [0.5, 0.6) is 0 Å². The number of carbonyl (C=O) groups is 1. The first-order valence-electron chi connectivity index (χ1n) is 4.86. The maximum absolute atomic E-state index is 12.9. The van der Waals surface area contributed by atoms with Gasteiger partial charge in [0, 0.05) is 13.6 Å². The average molecular weight is 245 g/mol. The molecule has 0 aliphatic carbocycles. The Morgan fingerprint density at radius 1 is 1.62 bits per heavy atom. The van der Waals surface area contributed by atoms with Crippen LogP contribution in [0.3, 0.4) is 0 Å². The summed E-state index contributed by atoms with van der Waals surface area (Å²) in [6.45, 7) is 1.98. The number of carbonyl (C=O) groups excluding carboxylic acids is 1. The highest BCUT2D eigenvalue weighted by Gasteiger charge is 2.13. The Morgan fingerprint density at radius 3 is 2.75 bits per heavy atom. The first-order chi connectivity index (χ1) is 7.41. The van der Waals surface area contributed by atoms with Crippen molar-refractivity contribution in [3.63, 3.8) is 0 Å². The van der Waals surface area contributed by atoms with Crippen molar-refractivity contribution in [2.75, 3.05) is 7.05 Å². The van der Waals surface area contributed by atoms with Crippen LogP contribution in [-0.2, 0) is 11.3 Å². The smallest absolute Gasteiger partial charge is 0.239 e. The lowest BCUT2D eigenvalue weighted by molar-refractivity contribution is -0.131. The fraction of sp³-hybridized carbons (Fsp3) is 0.364. The standard InChI is InChI=1S/C11H14ClFN2O/c1-7(14)11(16)15(2)6-8-3-4-10(13)9(12)5-8/h3-5,7H,6,14H2,1-2H3. The first kappa shape index (κ1) is 12.9. The summed E-state index contributed by atoms with van der Waals surface area (Å²) < 4.78 is 12.9. The van der Waals surface area contributed by atoms with Gasteiger partial charge in [0.1, 0.15) is 5.82 Å². The molecule has 0 aliphatic rings. The van der Waals surface area contributed by atoms with Crippen molar-refractivity contribution >= 4 is 17.5 Å². The quantitative estimate of drug-likeness (QED) is 0.881. The van der Waals surface area contributed by atoms with Crippen LogP contribution in [0.4, 0.5) is 4.39 Å². The van der Waals surface area contributed by atoms with E-state index in [4.69, 9.17) is 17.3 Å². The van der Waals surface area contributed by atoms with Gasteiger partial charge in [-0.3, -0.25) is 4.79 Å². The second-order valence-electron chi connectivity index (χ2n) is 3.73. The second-order valence-corrected chi connectivity index (χ2v) is 4.14. The highest BCUT2D eigenvalue weighted by molar-refractivity contribution is 6.30. The summed E-state index contributed by atoms with van der Waals surface area (Å²) >= 11 is 5.64. The van der Waals surface area contributed by atoms with Gasteiger partial charge >= 0.3 is 0 Å². The molecule has 0 fully saturated rings. The summed E-state index contributed by atoms with van der Waals surface area (Å²) in [5, 5.41) is 0.0548. The van der Waals surface area contributed by atoms with E-state index in [0.717, 1.165) is 5.56 Å². The zero-order chi connectivity index (χ0) is 12.3. The number of likely N-dealkylation sites (N-methyl/N-ethyl adjacent to an activating group) is 1. The normalized spacial score (nSPS) is 12.3. The maximum Gasteiger partial charge on any atom is 0.239 e. The van der Waals surface area contributed by atoms with Crippen molar-refractivity contribution in [3.05, 3.63) is 34.6 Å². The topological polar surface area (TPSA) is 46.3 Å². The molecule has 0 radical (unpaired) electrons. The molecule has 2 N–H and O–H groups in total.